The lowest BCUT2D eigenvalue weighted by Crippen LogP contribution is -2.43. The molecular formula is C17H32O3SSi. The van der Waals surface area contributed by atoms with Gasteiger partial charge in [0.05, 0.1) is 0 Å². The number of carbonyl (C=O) groups excluding carboxylic acids is 1. The molecular weight excluding hydrogens is 312 g/mol. The fourth-order valence-electron chi connectivity index (χ4n) is 3.32. The van der Waals surface area contributed by atoms with E-state index in [1.54, 1.807) is 0 Å². The molecule has 0 aromatic rings. The quantitative estimate of drug-likeness (QED) is 0.707. The van der Waals surface area contributed by atoms with E-state index in [1.165, 1.54) is 6.42 Å². The smallest absolute Gasteiger partial charge is 0.191 e. The molecule has 2 heterocycles. The van der Waals surface area contributed by atoms with E-state index in [2.05, 4.69) is 33.9 Å². The van der Waals surface area contributed by atoms with Crippen molar-refractivity contribution < 1.29 is 13.4 Å². The molecule has 0 aliphatic carbocycles. The first kappa shape index (κ1) is 18.3. The van der Waals surface area contributed by atoms with Crippen LogP contribution in [-0.4, -0.2) is 35.4 Å². The third kappa shape index (κ3) is 4.09. The maximum atomic E-state index is 12.5. The standard InChI is InChI=1S/C17H32O3SSi/c1-17(2,3)22(4,5)20-10-9-16(18)13-11-14-7-6-8-15(12-13)21(14)19/h13-15H,6-12H2,1-5H3. The number of Topliss-reactive ketones (excluding diaryl/α,β-unsaturated/α-hetero) is 1. The normalized spacial score (nSPS) is 32.8. The molecule has 2 aliphatic heterocycles. The average Bonchev–Trinajstić information content (AvgIpc) is 2.36. The second-order valence-corrected chi connectivity index (χ2v) is 15.3. The molecule has 2 fully saturated rings. The second-order valence-electron chi connectivity index (χ2n) is 8.50. The van der Waals surface area contributed by atoms with E-state index in [9.17, 15) is 9.00 Å². The Hall–Kier alpha value is -0.00312. The van der Waals surface area contributed by atoms with Crippen LogP contribution in [0, 0.1) is 5.92 Å². The van der Waals surface area contributed by atoms with Gasteiger partial charge < -0.3 is 4.43 Å². The highest BCUT2D eigenvalue weighted by molar-refractivity contribution is 7.86. The van der Waals surface area contributed by atoms with Gasteiger partial charge in [-0.05, 0) is 43.8 Å². The van der Waals surface area contributed by atoms with E-state index in [0.29, 0.717) is 18.8 Å². The van der Waals surface area contributed by atoms with Crippen LogP contribution >= 0.6 is 0 Å². The van der Waals surface area contributed by atoms with Crippen molar-refractivity contribution in [3.05, 3.63) is 0 Å². The van der Waals surface area contributed by atoms with Crippen LogP contribution < -0.4 is 0 Å². The number of hydrogen-bond acceptors (Lipinski definition) is 3. The molecule has 0 aromatic heterocycles. The van der Waals surface area contributed by atoms with Gasteiger partial charge in [-0.2, -0.15) is 0 Å². The third-order valence-electron chi connectivity index (χ3n) is 5.88. The summed E-state index contributed by atoms with van der Waals surface area (Å²) < 4.78 is 18.3. The zero-order valence-electron chi connectivity index (χ0n) is 14.8. The van der Waals surface area contributed by atoms with Crippen LogP contribution in [0.3, 0.4) is 0 Å². The molecule has 0 saturated carbocycles. The fourth-order valence-corrected chi connectivity index (χ4v) is 6.56. The van der Waals surface area contributed by atoms with Gasteiger partial charge >= 0.3 is 0 Å². The van der Waals surface area contributed by atoms with Gasteiger partial charge in [0.1, 0.15) is 5.78 Å². The predicted molar refractivity (Wildman–Crippen MR) is 95.1 cm³/mol. The monoisotopic (exact) mass is 344 g/mol. The molecule has 0 N–H and O–H groups in total. The molecule has 2 unspecified atom stereocenters. The fraction of sp³-hybridized carbons (Fsp3) is 0.941. The average molecular weight is 345 g/mol. The van der Waals surface area contributed by atoms with Crippen molar-refractivity contribution in [2.24, 2.45) is 5.92 Å². The van der Waals surface area contributed by atoms with E-state index < -0.39 is 19.1 Å². The van der Waals surface area contributed by atoms with Crippen molar-refractivity contribution in [3.63, 3.8) is 0 Å². The topological polar surface area (TPSA) is 43.4 Å². The highest BCUT2D eigenvalue weighted by atomic mass is 32.2. The highest BCUT2D eigenvalue weighted by Crippen LogP contribution is 2.38. The van der Waals surface area contributed by atoms with Gasteiger partial charge in [-0.15, -0.1) is 0 Å². The minimum absolute atomic E-state index is 0.135. The Labute approximate surface area is 139 Å². The number of fused-ring (bicyclic) bond motifs is 2. The molecule has 2 rings (SSSR count). The van der Waals surface area contributed by atoms with Crippen molar-refractivity contribution in [1.29, 1.82) is 0 Å². The maximum Gasteiger partial charge on any atom is 0.191 e. The Morgan fingerprint density at radius 3 is 2.23 bits per heavy atom. The van der Waals surface area contributed by atoms with Crippen molar-refractivity contribution in [3.8, 4) is 0 Å². The van der Waals surface area contributed by atoms with Gasteiger partial charge in [0, 0.05) is 40.2 Å². The molecule has 0 radical (unpaired) electrons. The largest absolute Gasteiger partial charge is 0.416 e. The molecule has 0 spiro atoms. The summed E-state index contributed by atoms with van der Waals surface area (Å²) in [6.45, 7) is 11.7. The Morgan fingerprint density at radius 1 is 1.18 bits per heavy atom. The summed E-state index contributed by atoms with van der Waals surface area (Å²) in [5.74, 6) is 0.475. The SMILES string of the molecule is CC(C)(C)[Si](C)(C)OCCC(=O)C1CC2CCCC(C1)S2=O. The first-order chi connectivity index (χ1) is 10.1. The van der Waals surface area contributed by atoms with Crippen LogP contribution in [0.4, 0.5) is 0 Å². The van der Waals surface area contributed by atoms with Gasteiger partial charge in [0.25, 0.3) is 0 Å². The molecule has 128 valence electrons. The van der Waals surface area contributed by atoms with Crippen LogP contribution in [0.15, 0.2) is 0 Å². The predicted octanol–water partition coefficient (Wildman–Crippen LogP) is 4.05. The van der Waals surface area contributed by atoms with E-state index >= 15 is 0 Å². The maximum absolute atomic E-state index is 12.5. The van der Waals surface area contributed by atoms with Crippen LogP contribution in [-0.2, 0) is 20.0 Å². The van der Waals surface area contributed by atoms with Crippen molar-refractivity contribution >= 4 is 24.9 Å². The number of ketones is 1. The molecule has 2 aliphatic rings. The Bertz CT molecular complexity index is 426. The van der Waals surface area contributed by atoms with Crippen molar-refractivity contribution in [1.82, 2.24) is 0 Å². The second kappa shape index (κ2) is 6.86. The summed E-state index contributed by atoms with van der Waals surface area (Å²) >= 11 is 0. The van der Waals surface area contributed by atoms with Crippen molar-refractivity contribution in [2.45, 2.75) is 87.9 Å². The summed E-state index contributed by atoms with van der Waals surface area (Å²) in [4.78, 5) is 12.5. The molecule has 2 atom stereocenters. The van der Waals surface area contributed by atoms with Crippen LogP contribution in [0.1, 0.15) is 59.3 Å². The number of carbonyl (C=O) groups is 1. The van der Waals surface area contributed by atoms with E-state index in [1.807, 2.05) is 0 Å². The molecule has 0 amide bonds. The van der Waals surface area contributed by atoms with Gasteiger partial charge in [-0.25, -0.2) is 0 Å². The summed E-state index contributed by atoms with van der Waals surface area (Å²) in [6, 6.07) is 0. The third-order valence-corrected chi connectivity index (χ3v) is 12.6. The molecule has 0 aromatic carbocycles. The van der Waals surface area contributed by atoms with Crippen molar-refractivity contribution in [2.75, 3.05) is 6.61 Å². The Morgan fingerprint density at radius 2 is 1.73 bits per heavy atom. The van der Waals surface area contributed by atoms with Gasteiger partial charge in [0.15, 0.2) is 8.32 Å². The van der Waals surface area contributed by atoms with E-state index in [4.69, 9.17) is 4.43 Å². The number of rotatable bonds is 5. The summed E-state index contributed by atoms with van der Waals surface area (Å²) in [5.41, 5.74) is 0. The lowest BCUT2D eigenvalue weighted by molar-refractivity contribution is -0.124. The Balaban J connectivity index is 1.82. The summed E-state index contributed by atoms with van der Waals surface area (Å²) in [6.07, 6.45) is 5.52. The van der Waals surface area contributed by atoms with Gasteiger partial charge in [-0.1, -0.05) is 27.2 Å². The molecule has 3 nitrogen and oxygen atoms in total. The zero-order valence-corrected chi connectivity index (χ0v) is 16.6. The number of hydrogen-bond donors (Lipinski definition) is 0. The molecule has 2 bridgehead atoms. The van der Waals surface area contributed by atoms with Gasteiger partial charge in [0.2, 0.25) is 0 Å². The van der Waals surface area contributed by atoms with Crippen LogP contribution in [0.25, 0.3) is 0 Å². The van der Waals surface area contributed by atoms with Crippen LogP contribution in [0.5, 0.6) is 0 Å². The summed E-state index contributed by atoms with van der Waals surface area (Å²) in [5, 5.41) is 0.750. The van der Waals surface area contributed by atoms with Gasteiger partial charge in [-0.3, -0.25) is 9.00 Å². The molecule has 5 heteroatoms. The first-order valence-electron chi connectivity index (χ1n) is 8.68. The van der Waals surface area contributed by atoms with E-state index in [0.717, 1.165) is 25.7 Å². The highest BCUT2D eigenvalue weighted by Gasteiger charge is 2.41. The molecule has 22 heavy (non-hydrogen) atoms. The zero-order chi connectivity index (χ0) is 16.5. The lowest BCUT2D eigenvalue weighted by atomic mass is 9.86. The first-order valence-corrected chi connectivity index (χ1v) is 12.9. The minimum Gasteiger partial charge on any atom is -0.416 e. The minimum atomic E-state index is -1.76. The Kier molecular flexibility index (Phi) is 5.71. The van der Waals surface area contributed by atoms with Crippen LogP contribution in [0.2, 0.25) is 18.1 Å². The molecule has 2 saturated heterocycles. The van der Waals surface area contributed by atoms with E-state index in [-0.39, 0.29) is 21.5 Å². The lowest BCUT2D eigenvalue weighted by Gasteiger charge is -2.38. The summed E-state index contributed by atoms with van der Waals surface area (Å²) in [7, 11) is -2.44.